The molecule has 0 bridgehead atoms. The van der Waals surface area contributed by atoms with Crippen molar-refractivity contribution in [3.8, 4) is 11.5 Å². The SMILES string of the molecule is Cl.O=C(CNCC1CC1)NCCc1cc(Cl)c2c(c1)OCCO2. The largest absolute Gasteiger partial charge is 0.486 e. The van der Waals surface area contributed by atoms with Crippen LogP contribution in [0.1, 0.15) is 18.4 Å². The number of halogens is 2. The van der Waals surface area contributed by atoms with Gasteiger partial charge in [-0.2, -0.15) is 0 Å². The summed E-state index contributed by atoms with van der Waals surface area (Å²) in [7, 11) is 0. The van der Waals surface area contributed by atoms with Crippen LogP contribution in [0.15, 0.2) is 12.1 Å². The minimum Gasteiger partial charge on any atom is -0.486 e. The number of hydrogen-bond donors (Lipinski definition) is 2. The Balaban J connectivity index is 0.00000192. The number of carbonyl (C=O) groups excluding carboxylic acids is 1. The van der Waals surface area contributed by atoms with E-state index in [4.69, 9.17) is 21.1 Å². The standard InChI is InChI=1S/C16H21ClN2O3.ClH/c17-13-7-12(8-14-16(13)22-6-5-21-14)3-4-19-15(20)10-18-9-11-1-2-11;/h7-8,11,18H,1-6,9-10H2,(H,19,20);1H. The molecule has 0 radical (unpaired) electrons. The number of carbonyl (C=O) groups is 1. The van der Waals surface area contributed by atoms with E-state index in [-0.39, 0.29) is 18.3 Å². The first-order valence-electron chi connectivity index (χ1n) is 7.78. The van der Waals surface area contributed by atoms with Gasteiger partial charge in [0.05, 0.1) is 11.6 Å². The Morgan fingerprint density at radius 2 is 2.04 bits per heavy atom. The van der Waals surface area contributed by atoms with E-state index in [0.717, 1.165) is 18.0 Å². The van der Waals surface area contributed by atoms with Crippen LogP contribution >= 0.6 is 24.0 Å². The summed E-state index contributed by atoms with van der Waals surface area (Å²) < 4.78 is 11.0. The predicted molar refractivity (Wildman–Crippen MR) is 92.0 cm³/mol. The van der Waals surface area contributed by atoms with Gasteiger partial charge in [-0.25, -0.2) is 0 Å². The number of fused-ring (bicyclic) bond motifs is 1. The number of hydrogen-bond acceptors (Lipinski definition) is 4. The lowest BCUT2D eigenvalue weighted by Gasteiger charge is -2.20. The summed E-state index contributed by atoms with van der Waals surface area (Å²) in [6.07, 6.45) is 3.30. The highest BCUT2D eigenvalue weighted by molar-refractivity contribution is 6.32. The maximum atomic E-state index is 11.7. The van der Waals surface area contributed by atoms with Gasteiger partial charge in [0.25, 0.3) is 0 Å². The monoisotopic (exact) mass is 360 g/mol. The van der Waals surface area contributed by atoms with Gasteiger partial charge in [0.15, 0.2) is 11.5 Å². The first-order valence-corrected chi connectivity index (χ1v) is 8.15. The average molecular weight is 361 g/mol. The van der Waals surface area contributed by atoms with Crippen LogP contribution in [0.3, 0.4) is 0 Å². The summed E-state index contributed by atoms with van der Waals surface area (Å²) in [5.41, 5.74) is 1.03. The fraction of sp³-hybridized carbons (Fsp3) is 0.562. The van der Waals surface area contributed by atoms with Gasteiger partial charge in [0.1, 0.15) is 13.2 Å². The van der Waals surface area contributed by atoms with Crippen molar-refractivity contribution in [1.29, 1.82) is 0 Å². The number of rotatable bonds is 7. The lowest BCUT2D eigenvalue weighted by molar-refractivity contribution is -0.120. The molecular formula is C16H22Cl2N2O3. The maximum Gasteiger partial charge on any atom is 0.233 e. The van der Waals surface area contributed by atoms with Gasteiger partial charge in [-0.3, -0.25) is 4.79 Å². The Morgan fingerprint density at radius 1 is 1.26 bits per heavy atom. The fourth-order valence-corrected chi connectivity index (χ4v) is 2.72. The Morgan fingerprint density at radius 3 is 2.83 bits per heavy atom. The average Bonchev–Trinajstić information content (AvgIpc) is 3.32. The summed E-state index contributed by atoms with van der Waals surface area (Å²) in [6.45, 7) is 2.98. The Hall–Kier alpha value is -1.17. The quantitative estimate of drug-likeness (QED) is 0.782. The van der Waals surface area contributed by atoms with E-state index in [1.165, 1.54) is 12.8 Å². The lowest BCUT2D eigenvalue weighted by atomic mass is 10.1. The molecule has 0 aromatic heterocycles. The van der Waals surface area contributed by atoms with Gasteiger partial charge in [-0.05, 0) is 49.4 Å². The molecule has 0 unspecified atom stereocenters. The van der Waals surface area contributed by atoms with Gasteiger partial charge >= 0.3 is 0 Å². The molecule has 3 rings (SSSR count). The molecule has 7 heteroatoms. The van der Waals surface area contributed by atoms with Gasteiger partial charge in [-0.15, -0.1) is 12.4 Å². The Labute approximate surface area is 147 Å². The second-order valence-corrected chi connectivity index (χ2v) is 6.18. The molecule has 1 aromatic rings. The van der Waals surface area contributed by atoms with Crippen molar-refractivity contribution in [3.05, 3.63) is 22.7 Å². The molecule has 1 aromatic carbocycles. The van der Waals surface area contributed by atoms with E-state index in [0.29, 0.717) is 49.2 Å². The Kier molecular flexibility index (Phi) is 6.81. The molecule has 1 saturated carbocycles. The summed E-state index contributed by atoms with van der Waals surface area (Å²) in [5, 5.41) is 6.64. The maximum absolute atomic E-state index is 11.7. The van der Waals surface area contributed by atoms with Crippen LogP contribution in [0.25, 0.3) is 0 Å². The van der Waals surface area contributed by atoms with E-state index >= 15 is 0 Å². The van der Waals surface area contributed by atoms with Crippen molar-refractivity contribution in [1.82, 2.24) is 10.6 Å². The molecular weight excluding hydrogens is 339 g/mol. The van der Waals surface area contributed by atoms with E-state index in [2.05, 4.69) is 10.6 Å². The lowest BCUT2D eigenvalue weighted by Crippen LogP contribution is -2.35. The van der Waals surface area contributed by atoms with Crippen LogP contribution in [0.2, 0.25) is 5.02 Å². The van der Waals surface area contributed by atoms with E-state index in [1.54, 1.807) is 0 Å². The van der Waals surface area contributed by atoms with Crippen LogP contribution < -0.4 is 20.1 Å². The zero-order valence-electron chi connectivity index (χ0n) is 12.9. The van der Waals surface area contributed by atoms with E-state index < -0.39 is 0 Å². The fourth-order valence-electron chi connectivity index (χ4n) is 2.43. The van der Waals surface area contributed by atoms with Gasteiger partial charge in [0, 0.05) is 6.54 Å². The van der Waals surface area contributed by atoms with Crippen molar-refractivity contribution in [2.24, 2.45) is 5.92 Å². The summed E-state index contributed by atoms with van der Waals surface area (Å²) in [6, 6.07) is 3.80. The van der Waals surface area contributed by atoms with E-state index in [9.17, 15) is 4.79 Å². The topological polar surface area (TPSA) is 59.6 Å². The van der Waals surface area contributed by atoms with E-state index in [1.807, 2.05) is 12.1 Å². The molecule has 0 atom stereocenters. The van der Waals surface area contributed by atoms with Crippen molar-refractivity contribution < 1.29 is 14.3 Å². The summed E-state index contributed by atoms with van der Waals surface area (Å²) >= 11 is 6.19. The molecule has 0 saturated heterocycles. The third-order valence-electron chi connectivity index (χ3n) is 3.81. The zero-order valence-corrected chi connectivity index (χ0v) is 14.5. The van der Waals surface area contributed by atoms with Gasteiger partial charge < -0.3 is 20.1 Å². The molecule has 0 spiro atoms. The van der Waals surface area contributed by atoms with Crippen molar-refractivity contribution >= 4 is 29.9 Å². The van der Waals surface area contributed by atoms with Crippen LogP contribution in [0.5, 0.6) is 11.5 Å². The molecule has 1 aliphatic carbocycles. The van der Waals surface area contributed by atoms with Crippen molar-refractivity contribution in [2.75, 3.05) is 32.8 Å². The highest BCUT2D eigenvalue weighted by atomic mass is 35.5. The normalized spacial score (nSPS) is 15.7. The van der Waals surface area contributed by atoms with Crippen LogP contribution in [-0.4, -0.2) is 38.8 Å². The molecule has 128 valence electrons. The second kappa shape index (κ2) is 8.62. The molecule has 2 N–H and O–H groups in total. The zero-order chi connectivity index (χ0) is 15.4. The minimum absolute atomic E-state index is 0. The molecule has 1 fully saturated rings. The molecule has 1 heterocycles. The highest BCUT2D eigenvalue weighted by Crippen LogP contribution is 2.38. The first kappa shape index (κ1) is 18.2. The highest BCUT2D eigenvalue weighted by Gasteiger charge is 2.20. The number of amides is 1. The van der Waals surface area contributed by atoms with Crippen LogP contribution in [0, 0.1) is 5.92 Å². The molecule has 1 amide bonds. The summed E-state index contributed by atoms with van der Waals surface area (Å²) in [5.74, 6) is 2.12. The number of benzene rings is 1. The van der Waals surface area contributed by atoms with Gasteiger partial charge in [-0.1, -0.05) is 11.6 Å². The molecule has 1 aliphatic heterocycles. The third-order valence-corrected chi connectivity index (χ3v) is 4.09. The predicted octanol–water partition coefficient (Wildman–Crippen LogP) is 2.19. The molecule has 5 nitrogen and oxygen atoms in total. The van der Waals surface area contributed by atoms with Crippen molar-refractivity contribution in [2.45, 2.75) is 19.3 Å². The van der Waals surface area contributed by atoms with Gasteiger partial charge in [0.2, 0.25) is 5.91 Å². The Bertz CT molecular complexity index is 550. The second-order valence-electron chi connectivity index (χ2n) is 5.78. The van der Waals surface area contributed by atoms with Crippen molar-refractivity contribution in [3.63, 3.8) is 0 Å². The first-order chi connectivity index (χ1) is 10.7. The molecule has 2 aliphatic rings. The third kappa shape index (κ3) is 5.44. The minimum atomic E-state index is 0. The molecule has 23 heavy (non-hydrogen) atoms. The number of nitrogens with one attached hydrogen (secondary N) is 2. The number of ether oxygens (including phenoxy) is 2. The van der Waals surface area contributed by atoms with Crippen LogP contribution in [-0.2, 0) is 11.2 Å². The smallest absolute Gasteiger partial charge is 0.233 e. The van der Waals surface area contributed by atoms with Crippen LogP contribution in [0.4, 0.5) is 0 Å². The summed E-state index contributed by atoms with van der Waals surface area (Å²) in [4.78, 5) is 11.7.